The Labute approximate surface area is 151 Å². The molecule has 1 atom stereocenters. The predicted molar refractivity (Wildman–Crippen MR) is 97.7 cm³/mol. The van der Waals surface area contributed by atoms with E-state index in [1.807, 2.05) is 6.92 Å². The molecule has 0 fully saturated rings. The summed E-state index contributed by atoms with van der Waals surface area (Å²) in [5.74, 6) is 0. The van der Waals surface area contributed by atoms with Crippen molar-refractivity contribution in [3.8, 4) is 0 Å². The lowest BCUT2D eigenvalue weighted by atomic mass is 9.88. The summed E-state index contributed by atoms with van der Waals surface area (Å²) in [7, 11) is 0. The first-order chi connectivity index (χ1) is 11.7. The fourth-order valence-corrected chi connectivity index (χ4v) is 3.49. The Kier molecular flexibility index (Phi) is 9.01. The average Bonchev–Trinajstić information content (AvgIpc) is 2.94. The first kappa shape index (κ1) is 22.0. The van der Waals surface area contributed by atoms with Crippen molar-refractivity contribution < 1.29 is 13.2 Å². The molecule has 1 rings (SSSR count). The molecule has 0 aliphatic heterocycles. The molecule has 5 heteroatoms. The normalized spacial score (nSPS) is 14.7. The lowest BCUT2D eigenvalue weighted by Gasteiger charge is -2.33. The van der Waals surface area contributed by atoms with Crippen molar-refractivity contribution in [2.45, 2.75) is 110 Å². The van der Waals surface area contributed by atoms with Crippen LogP contribution in [-0.4, -0.2) is 9.78 Å². The van der Waals surface area contributed by atoms with E-state index in [-0.39, 0.29) is 0 Å². The summed E-state index contributed by atoms with van der Waals surface area (Å²) in [4.78, 5) is 0. The lowest BCUT2D eigenvalue weighted by molar-refractivity contribution is -0.146. The Morgan fingerprint density at radius 1 is 0.880 bits per heavy atom. The van der Waals surface area contributed by atoms with Crippen molar-refractivity contribution in [3.63, 3.8) is 0 Å². The minimum absolute atomic E-state index is 0.443. The molecular formula is C20H35F3N2. The Morgan fingerprint density at radius 3 is 1.84 bits per heavy atom. The third-order valence-electron chi connectivity index (χ3n) is 5.02. The first-order valence-electron chi connectivity index (χ1n) is 9.89. The highest BCUT2D eigenvalue weighted by Gasteiger charge is 2.40. The molecule has 25 heavy (non-hydrogen) atoms. The highest BCUT2D eigenvalue weighted by Crippen LogP contribution is 2.37. The van der Waals surface area contributed by atoms with E-state index >= 15 is 0 Å². The van der Waals surface area contributed by atoms with Crippen LogP contribution >= 0.6 is 0 Å². The average molecular weight is 361 g/mol. The van der Waals surface area contributed by atoms with E-state index in [0.29, 0.717) is 5.69 Å². The zero-order chi connectivity index (χ0) is 18.9. The van der Waals surface area contributed by atoms with Gasteiger partial charge in [-0.3, -0.25) is 4.68 Å². The minimum atomic E-state index is -4.35. The van der Waals surface area contributed by atoms with Crippen LogP contribution in [-0.2, 0) is 11.7 Å². The van der Waals surface area contributed by atoms with Crippen LogP contribution in [0.25, 0.3) is 0 Å². The number of rotatable bonds is 12. The highest BCUT2D eigenvalue weighted by molar-refractivity contribution is 5.14. The van der Waals surface area contributed by atoms with E-state index < -0.39 is 17.4 Å². The molecule has 1 aromatic rings. The SMILES string of the molecule is CCCCCCCC(C)(CCCCCC)n1nc(C)cc1C(F)(F)F. The summed E-state index contributed by atoms with van der Waals surface area (Å²) >= 11 is 0. The van der Waals surface area contributed by atoms with Crippen LogP contribution in [0.5, 0.6) is 0 Å². The van der Waals surface area contributed by atoms with Gasteiger partial charge < -0.3 is 0 Å². The van der Waals surface area contributed by atoms with E-state index in [4.69, 9.17) is 0 Å². The fourth-order valence-electron chi connectivity index (χ4n) is 3.49. The number of hydrogen-bond acceptors (Lipinski definition) is 1. The molecule has 1 heterocycles. The summed E-state index contributed by atoms with van der Waals surface area (Å²) in [5.41, 5.74) is -0.714. The van der Waals surface area contributed by atoms with Crippen molar-refractivity contribution in [2.24, 2.45) is 0 Å². The van der Waals surface area contributed by atoms with Crippen LogP contribution in [0.1, 0.15) is 103 Å². The molecule has 0 radical (unpaired) electrons. The van der Waals surface area contributed by atoms with Gasteiger partial charge in [0.25, 0.3) is 0 Å². The number of alkyl halides is 3. The van der Waals surface area contributed by atoms with E-state index in [2.05, 4.69) is 18.9 Å². The van der Waals surface area contributed by atoms with Crippen LogP contribution < -0.4 is 0 Å². The van der Waals surface area contributed by atoms with E-state index in [1.54, 1.807) is 6.92 Å². The van der Waals surface area contributed by atoms with Gasteiger partial charge >= 0.3 is 6.18 Å². The van der Waals surface area contributed by atoms with Crippen LogP contribution in [0, 0.1) is 6.92 Å². The second kappa shape index (κ2) is 10.2. The lowest BCUT2D eigenvalue weighted by Crippen LogP contribution is -2.35. The van der Waals surface area contributed by atoms with Gasteiger partial charge in [-0.2, -0.15) is 18.3 Å². The van der Waals surface area contributed by atoms with Gasteiger partial charge in [0, 0.05) is 0 Å². The van der Waals surface area contributed by atoms with E-state index in [9.17, 15) is 13.2 Å². The zero-order valence-corrected chi connectivity index (χ0v) is 16.4. The summed E-state index contributed by atoms with van der Waals surface area (Å²) in [6.45, 7) is 7.91. The molecule has 1 aromatic heterocycles. The number of aromatic nitrogens is 2. The Bertz CT molecular complexity index is 494. The van der Waals surface area contributed by atoms with Crippen LogP contribution in [0.15, 0.2) is 6.07 Å². The van der Waals surface area contributed by atoms with Crippen LogP contribution in [0.4, 0.5) is 13.2 Å². The maximum Gasteiger partial charge on any atom is 0.433 e. The van der Waals surface area contributed by atoms with Gasteiger partial charge in [-0.25, -0.2) is 0 Å². The number of hydrogen-bond donors (Lipinski definition) is 0. The summed E-state index contributed by atoms with van der Waals surface area (Å²) in [6.07, 6.45) is 7.02. The third kappa shape index (κ3) is 7.02. The van der Waals surface area contributed by atoms with Gasteiger partial charge in [0.05, 0.1) is 11.2 Å². The first-order valence-corrected chi connectivity index (χ1v) is 9.89. The molecule has 1 unspecified atom stereocenters. The van der Waals surface area contributed by atoms with Gasteiger partial charge in [-0.15, -0.1) is 0 Å². The molecule has 0 bridgehead atoms. The molecular weight excluding hydrogens is 325 g/mol. The Hall–Kier alpha value is -1.00. The van der Waals surface area contributed by atoms with Crippen LogP contribution in [0.3, 0.4) is 0 Å². The minimum Gasteiger partial charge on any atom is -0.254 e. The Morgan fingerprint density at radius 2 is 1.36 bits per heavy atom. The van der Waals surface area contributed by atoms with Crippen molar-refractivity contribution in [3.05, 3.63) is 17.5 Å². The number of unbranched alkanes of at least 4 members (excludes halogenated alkanes) is 7. The molecule has 0 aliphatic rings. The van der Waals surface area contributed by atoms with Crippen molar-refractivity contribution >= 4 is 0 Å². The summed E-state index contributed by atoms with van der Waals surface area (Å²) in [6, 6.07) is 1.18. The molecule has 0 aliphatic carbocycles. The van der Waals surface area contributed by atoms with Crippen molar-refractivity contribution in [1.82, 2.24) is 9.78 Å². The molecule has 0 aromatic carbocycles. The molecule has 0 N–H and O–H groups in total. The van der Waals surface area contributed by atoms with Gasteiger partial charge in [-0.1, -0.05) is 71.6 Å². The van der Waals surface area contributed by atoms with E-state index in [1.165, 1.54) is 23.6 Å². The molecule has 0 amide bonds. The Balaban J connectivity index is 2.93. The molecule has 0 spiro atoms. The number of nitrogens with zero attached hydrogens (tertiary/aromatic N) is 2. The van der Waals surface area contributed by atoms with Crippen LogP contribution in [0.2, 0.25) is 0 Å². The quantitative estimate of drug-likeness (QED) is 0.359. The monoisotopic (exact) mass is 360 g/mol. The largest absolute Gasteiger partial charge is 0.433 e. The predicted octanol–water partition coefficient (Wildman–Crippen LogP) is 7.26. The highest BCUT2D eigenvalue weighted by atomic mass is 19.4. The van der Waals surface area contributed by atoms with Crippen molar-refractivity contribution in [2.75, 3.05) is 0 Å². The van der Waals surface area contributed by atoms with Gasteiger partial charge in [-0.05, 0) is 32.8 Å². The second-order valence-electron chi connectivity index (χ2n) is 7.55. The van der Waals surface area contributed by atoms with Crippen molar-refractivity contribution in [1.29, 1.82) is 0 Å². The zero-order valence-electron chi connectivity index (χ0n) is 16.4. The summed E-state index contributed by atoms with van der Waals surface area (Å²) in [5, 5.41) is 4.26. The smallest absolute Gasteiger partial charge is 0.254 e. The molecule has 0 saturated heterocycles. The third-order valence-corrected chi connectivity index (χ3v) is 5.02. The standard InChI is InChI=1S/C20H35F3N2/c1-5-7-9-11-13-15-19(4,14-12-10-8-6-2)25-18(20(21,22)23)16-17(3)24-25/h16H,5-15H2,1-4H3. The van der Waals surface area contributed by atoms with Gasteiger partial charge in [0.1, 0.15) is 5.69 Å². The molecule has 0 saturated carbocycles. The van der Waals surface area contributed by atoms with Gasteiger partial charge in [0.2, 0.25) is 0 Å². The number of aryl methyl sites for hydroxylation is 1. The maximum atomic E-state index is 13.5. The van der Waals surface area contributed by atoms with Gasteiger partial charge in [0.15, 0.2) is 0 Å². The summed E-state index contributed by atoms with van der Waals surface area (Å²) < 4.78 is 41.7. The molecule has 2 nitrogen and oxygen atoms in total. The topological polar surface area (TPSA) is 17.8 Å². The maximum absolute atomic E-state index is 13.5. The van der Waals surface area contributed by atoms with E-state index in [0.717, 1.165) is 57.8 Å². The number of halogens is 3. The fraction of sp³-hybridized carbons (Fsp3) is 0.850. The molecule has 146 valence electrons. The second-order valence-corrected chi connectivity index (χ2v) is 7.55.